The summed E-state index contributed by atoms with van der Waals surface area (Å²) in [5.74, 6) is 0. The molecular weight excluding hydrogens is 172 g/mol. The third kappa shape index (κ3) is 1.29. The van der Waals surface area contributed by atoms with Crippen molar-refractivity contribution in [1.82, 2.24) is 4.98 Å². The first-order valence-corrected chi connectivity index (χ1v) is 4.49. The molecule has 0 saturated heterocycles. The fourth-order valence-corrected chi connectivity index (χ4v) is 1.50. The Morgan fingerprint density at radius 2 is 2.21 bits per heavy atom. The second kappa shape index (κ2) is 3.39. The molecule has 2 heteroatoms. The summed E-state index contributed by atoms with van der Waals surface area (Å²) >= 11 is 0. The molecular formula is C12H10N2. The summed E-state index contributed by atoms with van der Waals surface area (Å²) in [5.41, 5.74) is 2.63. The number of para-hydroxylation sites is 1. The summed E-state index contributed by atoms with van der Waals surface area (Å²) in [6.45, 7) is 1.87. The highest BCUT2D eigenvalue weighted by Gasteiger charge is 2.03. The van der Waals surface area contributed by atoms with Gasteiger partial charge >= 0.3 is 0 Å². The number of nitriles is 1. The maximum absolute atomic E-state index is 8.87. The number of H-pyrrole nitrogens is 1. The van der Waals surface area contributed by atoms with Crippen LogP contribution in [0.1, 0.15) is 12.6 Å². The van der Waals surface area contributed by atoms with E-state index < -0.39 is 0 Å². The highest BCUT2D eigenvalue weighted by molar-refractivity contribution is 5.87. The average Bonchev–Trinajstić information content (AvgIpc) is 2.63. The molecule has 0 fully saturated rings. The lowest BCUT2D eigenvalue weighted by atomic mass is 10.2. The minimum Gasteiger partial charge on any atom is -0.354 e. The van der Waals surface area contributed by atoms with Crippen molar-refractivity contribution in [2.45, 2.75) is 6.92 Å². The van der Waals surface area contributed by atoms with Crippen LogP contribution < -0.4 is 0 Å². The van der Waals surface area contributed by atoms with Gasteiger partial charge in [0, 0.05) is 10.9 Å². The van der Waals surface area contributed by atoms with Gasteiger partial charge in [-0.25, -0.2) is 0 Å². The first kappa shape index (κ1) is 8.58. The quantitative estimate of drug-likeness (QED) is 0.676. The van der Waals surface area contributed by atoms with Gasteiger partial charge in [0.2, 0.25) is 0 Å². The van der Waals surface area contributed by atoms with Crippen molar-refractivity contribution < 1.29 is 0 Å². The topological polar surface area (TPSA) is 39.6 Å². The van der Waals surface area contributed by atoms with E-state index >= 15 is 0 Å². The van der Waals surface area contributed by atoms with Crippen molar-refractivity contribution in [2.24, 2.45) is 0 Å². The van der Waals surface area contributed by atoms with Gasteiger partial charge in [0.1, 0.15) is 6.07 Å². The monoisotopic (exact) mass is 182 g/mol. The zero-order valence-corrected chi connectivity index (χ0v) is 7.91. The van der Waals surface area contributed by atoms with E-state index in [1.54, 1.807) is 0 Å². The number of fused-ring (bicyclic) bond motifs is 1. The van der Waals surface area contributed by atoms with E-state index in [-0.39, 0.29) is 0 Å². The molecule has 0 radical (unpaired) electrons. The average molecular weight is 182 g/mol. The molecule has 1 aromatic heterocycles. The fourth-order valence-electron chi connectivity index (χ4n) is 1.50. The van der Waals surface area contributed by atoms with Crippen molar-refractivity contribution in [3.05, 3.63) is 42.1 Å². The summed E-state index contributed by atoms with van der Waals surface area (Å²) in [6.07, 6.45) is 1.81. The van der Waals surface area contributed by atoms with Crippen molar-refractivity contribution in [3.63, 3.8) is 0 Å². The highest BCUT2D eigenvalue weighted by atomic mass is 14.7. The summed E-state index contributed by atoms with van der Waals surface area (Å²) in [6, 6.07) is 12.1. The molecule has 1 N–H and O–H groups in total. The van der Waals surface area contributed by atoms with Crippen LogP contribution in [0.2, 0.25) is 0 Å². The molecule has 14 heavy (non-hydrogen) atoms. The predicted octanol–water partition coefficient (Wildman–Crippen LogP) is 3.09. The van der Waals surface area contributed by atoms with Crippen LogP contribution in [0.3, 0.4) is 0 Å². The highest BCUT2D eigenvalue weighted by Crippen LogP contribution is 2.19. The number of hydrogen-bond donors (Lipinski definition) is 1. The summed E-state index contributed by atoms with van der Waals surface area (Å²) in [7, 11) is 0. The Hall–Kier alpha value is -2.01. The molecule has 2 rings (SSSR count). The maximum atomic E-state index is 8.87. The van der Waals surface area contributed by atoms with Crippen LogP contribution in [-0.4, -0.2) is 4.98 Å². The van der Waals surface area contributed by atoms with E-state index in [2.05, 4.69) is 11.1 Å². The van der Waals surface area contributed by atoms with Gasteiger partial charge in [-0.2, -0.15) is 5.26 Å². The van der Waals surface area contributed by atoms with Crippen LogP contribution in [0, 0.1) is 11.3 Å². The minimum atomic E-state index is 0.682. The first-order chi connectivity index (χ1) is 6.85. The number of allylic oxidation sites excluding steroid dienone is 2. The van der Waals surface area contributed by atoms with E-state index in [0.717, 1.165) is 16.6 Å². The summed E-state index contributed by atoms with van der Waals surface area (Å²) in [5, 5.41) is 10.0. The number of aromatic nitrogens is 1. The first-order valence-electron chi connectivity index (χ1n) is 4.49. The van der Waals surface area contributed by atoms with Gasteiger partial charge in [0.25, 0.3) is 0 Å². The number of hydrogen-bond acceptors (Lipinski definition) is 1. The molecule has 1 aromatic carbocycles. The van der Waals surface area contributed by atoms with E-state index in [1.165, 1.54) is 0 Å². The second-order valence-electron chi connectivity index (χ2n) is 3.08. The SMILES string of the molecule is CC=C(C#N)c1cc2ccccc2[nH]1. The molecule has 0 atom stereocenters. The van der Waals surface area contributed by atoms with Crippen molar-refractivity contribution in [1.29, 1.82) is 5.26 Å². The van der Waals surface area contributed by atoms with Crippen LogP contribution in [0.15, 0.2) is 36.4 Å². The minimum absolute atomic E-state index is 0.682. The normalized spacial score (nSPS) is 11.6. The third-order valence-corrected chi connectivity index (χ3v) is 2.23. The van der Waals surface area contributed by atoms with E-state index in [1.807, 2.05) is 43.3 Å². The molecule has 0 saturated carbocycles. The zero-order chi connectivity index (χ0) is 9.97. The van der Waals surface area contributed by atoms with E-state index in [0.29, 0.717) is 5.57 Å². The van der Waals surface area contributed by atoms with E-state index in [4.69, 9.17) is 5.26 Å². The Labute approximate surface area is 82.5 Å². The van der Waals surface area contributed by atoms with Gasteiger partial charge in [0.05, 0.1) is 11.3 Å². The summed E-state index contributed by atoms with van der Waals surface area (Å²) < 4.78 is 0. The molecule has 0 amide bonds. The van der Waals surface area contributed by atoms with E-state index in [9.17, 15) is 0 Å². The standard InChI is InChI=1S/C12H10N2/c1-2-9(8-13)12-7-10-5-3-4-6-11(10)14-12/h2-7,14H,1H3. The van der Waals surface area contributed by atoms with Gasteiger partial charge < -0.3 is 4.98 Å². The molecule has 0 spiro atoms. The van der Waals surface area contributed by atoms with Gasteiger partial charge in [-0.1, -0.05) is 24.3 Å². The van der Waals surface area contributed by atoms with Gasteiger partial charge in [-0.3, -0.25) is 0 Å². The third-order valence-electron chi connectivity index (χ3n) is 2.23. The van der Waals surface area contributed by atoms with Crippen molar-refractivity contribution in [2.75, 3.05) is 0 Å². The Balaban J connectivity index is 2.62. The number of benzene rings is 1. The predicted molar refractivity (Wildman–Crippen MR) is 57.6 cm³/mol. The lowest BCUT2D eigenvalue weighted by molar-refractivity contribution is 1.39. The van der Waals surface area contributed by atoms with Crippen LogP contribution in [0.25, 0.3) is 16.5 Å². The van der Waals surface area contributed by atoms with Crippen molar-refractivity contribution >= 4 is 16.5 Å². The molecule has 0 aliphatic rings. The Kier molecular flexibility index (Phi) is 2.08. The molecule has 1 heterocycles. The van der Waals surface area contributed by atoms with Gasteiger partial charge in [-0.15, -0.1) is 0 Å². The molecule has 0 aliphatic heterocycles. The smallest absolute Gasteiger partial charge is 0.101 e. The van der Waals surface area contributed by atoms with Crippen LogP contribution >= 0.6 is 0 Å². The number of nitrogens with zero attached hydrogens (tertiary/aromatic N) is 1. The Morgan fingerprint density at radius 3 is 2.86 bits per heavy atom. The van der Waals surface area contributed by atoms with Crippen LogP contribution in [0.4, 0.5) is 0 Å². The molecule has 0 aliphatic carbocycles. The zero-order valence-electron chi connectivity index (χ0n) is 7.91. The van der Waals surface area contributed by atoms with Gasteiger partial charge in [-0.05, 0) is 19.1 Å². The second-order valence-corrected chi connectivity index (χ2v) is 3.08. The molecule has 0 unspecified atom stereocenters. The van der Waals surface area contributed by atoms with Crippen LogP contribution in [-0.2, 0) is 0 Å². The van der Waals surface area contributed by atoms with Crippen molar-refractivity contribution in [3.8, 4) is 6.07 Å². The molecule has 0 bridgehead atoms. The summed E-state index contributed by atoms with van der Waals surface area (Å²) in [4.78, 5) is 3.21. The molecule has 2 aromatic rings. The fraction of sp³-hybridized carbons (Fsp3) is 0.0833. The number of aromatic amines is 1. The van der Waals surface area contributed by atoms with Crippen LogP contribution in [0.5, 0.6) is 0 Å². The maximum Gasteiger partial charge on any atom is 0.101 e. The lowest BCUT2D eigenvalue weighted by Gasteiger charge is -1.89. The number of nitrogens with one attached hydrogen (secondary N) is 1. The molecule has 2 nitrogen and oxygen atoms in total. The lowest BCUT2D eigenvalue weighted by Crippen LogP contribution is -1.78. The largest absolute Gasteiger partial charge is 0.354 e. The Morgan fingerprint density at radius 1 is 1.43 bits per heavy atom. The number of rotatable bonds is 1. The Bertz CT molecular complexity index is 493. The molecule has 68 valence electrons. The van der Waals surface area contributed by atoms with Gasteiger partial charge in [0.15, 0.2) is 0 Å².